The van der Waals surface area contributed by atoms with Gasteiger partial charge >= 0.3 is 0 Å². The maximum Gasteiger partial charge on any atom is 0.224 e. The minimum Gasteiger partial charge on any atom is -0.326 e. The summed E-state index contributed by atoms with van der Waals surface area (Å²) in [5.74, 6) is 0.287. The first-order valence-electron chi connectivity index (χ1n) is 7.39. The van der Waals surface area contributed by atoms with E-state index in [1.165, 1.54) is 31.7 Å². The van der Waals surface area contributed by atoms with Gasteiger partial charge in [0.2, 0.25) is 5.91 Å². The first-order valence-corrected chi connectivity index (χ1v) is 7.83. The Labute approximate surface area is 123 Å². The second kappa shape index (κ2) is 5.72. The third kappa shape index (κ3) is 2.83. The number of benzene rings is 1. The molecule has 1 unspecified atom stereocenters. The molecule has 0 aromatic heterocycles. The van der Waals surface area contributed by atoms with Crippen molar-refractivity contribution in [1.29, 1.82) is 0 Å². The molecule has 1 N–H and O–H groups in total. The average Bonchev–Trinajstić information content (AvgIpc) is 2.90. The molecule has 1 amide bonds. The summed E-state index contributed by atoms with van der Waals surface area (Å²) < 4.78 is 14.2. The molecule has 1 fully saturated rings. The van der Waals surface area contributed by atoms with Crippen LogP contribution in [0.5, 0.6) is 0 Å². The SMILES string of the molecule is O=C1CCc2cc(C(Cl)CC3CCCC3)c(F)cc2N1. The normalized spacial score (nSPS) is 20.6. The van der Waals surface area contributed by atoms with Gasteiger partial charge in [-0.05, 0) is 36.5 Å². The minimum absolute atomic E-state index is 0.0435. The van der Waals surface area contributed by atoms with Gasteiger partial charge in [-0.3, -0.25) is 4.79 Å². The Balaban J connectivity index is 1.80. The van der Waals surface area contributed by atoms with Gasteiger partial charge in [-0.1, -0.05) is 25.7 Å². The van der Waals surface area contributed by atoms with Gasteiger partial charge in [0.15, 0.2) is 0 Å². The molecule has 1 atom stereocenters. The van der Waals surface area contributed by atoms with Crippen molar-refractivity contribution < 1.29 is 9.18 Å². The first kappa shape index (κ1) is 13.9. The van der Waals surface area contributed by atoms with Gasteiger partial charge in [-0.2, -0.15) is 0 Å². The molecule has 2 aliphatic rings. The van der Waals surface area contributed by atoms with E-state index in [4.69, 9.17) is 11.6 Å². The second-order valence-corrected chi connectivity index (χ2v) is 6.46. The summed E-state index contributed by atoms with van der Waals surface area (Å²) in [6.07, 6.45) is 6.95. The van der Waals surface area contributed by atoms with Gasteiger partial charge in [-0.15, -0.1) is 11.6 Å². The monoisotopic (exact) mass is 295 g/mol. The Morgan fingerprint density at radius 2 is 2.05 bits per heavy atom. The van der Waals surface area contributed by atoms with Gasteiger partial charge in [0.05, 0.1) is 5.38 Å². The fourth-order valence-electron chi connectivity index (χ4n) is 3.33. The number of carbonyl (C=O) groups is 1. The van der Waals surface area contributed by atoms with Crippen LogP contribution in [0.4, 0.5) is 10.1 Å². The number of anilines is 1. The van der Waals surface area contributed by atoms with Crippen LogP contribution in [0.3, 0.4) is 0 Å². The molecule has 1 aromatic carbocycles. The molecule has 0 saturated heterocycles. The Morgan fingerprint density at radius 3 is 2.80 bits per heavy atom. The van der Waals surface area contributed by atoms with Crippen molar-refractivity contribution in [2.45, 2.75) is 50.3 Å². The molecule has 108 valence electrons. The van der Waals surface area contributed by atoms with Gasteiger partial charge in [0.1, 0.15) is 5.82 Å². The van der Waals surface area contributed by atoms with E-state index in [0.717, 1.165) is 12.0 Å². The Morgan fingerprint density at radius 1 is 1.30 bits per heavy atom. The van der Waals surface area contributed by atoms with E-state index in [0.29, 0.717) is 30.0 Å². The molecule has 1 heterocycles. The number of aryl methyl sites for hydroxylation is 1. The number of halogens is 2. The lowest BCUT2D eigenvalue weighted by Crippen LogP contribution is -2.19. The van der Waals surface area contributed by atoms with Gasteiger partial charge in [0.25, 0.3) is 0 Å². The first-order chi connectivity index (χ1) is 9.63. The number of carbonyl (C=O) groups excluding carboxylic acids is 1. The molecule has 3 rings (SSSR count). The molecule has 0 bridgehead atoms. The fourth-order valence-corrected chi connectivity index (χ4v) is 3.75. The van der Waals surface area contributed by atoms with E-state index >= 15 is 0 Å². The number of rotatable bonds is 3. The third-order valence-corrected chi connectivity index (χ3v) is 4.88. The zero-order valence-electron chi connectivity index (χ0n) is 11.4. The smallest absolute Gasteiger partial charge is 0.224 e. The number of nitrogens with one attached hydrogen (secondary N) is 1. The Bertz CT molecular complexity index is 525. The number of alkyl halides is 1. The molecular weight excluding hydrogens is 277 g/mol. The minimum atomic E-state index is -0.302. The van der Waals surface area contributed by atoms with Crippen LogP contribution in [0.2, 0.25) is 0 Å². The highest BCUT2D eigenvalue weighted by Gasteiger charge is 2.24. The van der Waals surface area contributed by atoms with Crippen molar-refractivity contribution >= 4 is 23.2 Å². The number of fused-ring (bicyclic) bond motifs is 1. The summed E-state index contributed by atoms with van der Waals surface area (Å²) in [4.78, 5) is 11.3. The highest BCUT2D eigenvalue weighted by Crippen LogP contribution is 2.38. The molecular formula is C16H19ClFNO. The molecule has 1 aliphatic carbocycles. The van der Waals surface area contributed by atoms with Crippen LogP contribution in [-0.4, -0.2) is 5.91 Å². The summed E-state index contributed by atoms with van der Waals surface area (Å²) in [5, 5.41) is 2.46. The standard InChI is InChI=1S/C16H19ClFNO/c17-13(7-10-3-1-2-4-10)12-8-11-5-6-16(20)19-15(11)9-14(12)18/h8-10,13H,1-7H2,(H,19,20). The van der Waals surface area contributed by atoms with E-state index in [9.17, 15) is 9.18 Å². The predicted molar refractivity (Wildman–Crippen MR) is 78.5 cm³/mol. The van der Waals surface area contributed by atoms with Crippen molar-refractivity contribution in [1.82, 2.24) is 0 Å². The molecule has 1 saturated carbocycles. The quantitative estimate of drug-likeness (QED) is 0.813. The lowest BCUT2D eigenvalue weighted by Gasteiger charge is -2.21. The third-order valence-electron chi connectivity index (χ3n) is 4.47. The highest BCUT2D eigenvalue weighted by molar-refractivity contribution is 6.20. The predicted octanol–water partition coefficient (Wildman–Crippen LogP) is 4.57. The topological polar surface area (TPSA) is 29.1 Å². The van der Waals surface area contributed by atoms with Gasteiger partial charge < -0.3 is 5.32 Å². The molecule has 1 aliphatic heterocycles. The summed E-state index contributed by atoms with van der Waals surface area (Å²) in [6, 6.07) is 3.27. The van der Waals surface area contributed by atoms with Crippen LogP contribution in [-0.2, 0) is 11.2 Å². The summed E-state index contributed by atoms with van der Waals surface area (Å²) >= 11 is 6.44. The zero-order chi connectivity index (χ0) is 14.1. The lowest BCUT2D eigenvalue weighted by molar-refractivity contribution is -0.116. The highest BCUT2D eigenvalue weighted by atomic mass is 35.5. The van der Waals surface area contributed by atoms with E-state index in [-0.39, 0.29) is 17.1 Å². The van der Waals surface area contributed by atoms with Crippen molar-refractivity contribution in [3.8, 4) is 0 Å². The molecule has 20 heavy (non-hydrogen) atoms. The van der Waals surface area contributed by atoms with E-state index in [2.05, 4.69) is 5.32 Å². The van der Waals surface area contributed by atoms with E-state index in [1.54, 1.807) is 0 Å². The number of amides is 1. The van der Waals surface area contributed by atoms with Crippen molar-refractivity contribution in [3.63, 3.8) is 0 Å². The zero-order valence-corrected chi connectivity index (χ0v) is 12.2. The molecule has 0 spiro atoms. The fraction of sp³-hybridized carbons (Fsp3) is 0.562. The second-order valence-electron chi connectivity index (χ2n) is 5.93. The van der Waals surface area contributed by atoms with Gasteiger partial charge in [-0.25, -0.2) is 4.39 Å². The van der Waals surface area contributed by atoms with Crippen LogP contribution >= 0.6 is 11.6 Å². The summed E-state index contributed by atoms with van der Waals surface area (Å²) in [6.45, 7) is 0. The Kier molecular flexibility index (Phi) is 3.97. The van der Waals surface area contributed by atoms with E-state index < -0.39 is 0 Å². The van der Waals surface area contributed by atoms with Crippen molar-refractivity contribution in [3.05, 3.63) is 29.1 Å². The average molecular weight is 296 g/mol. The molecule has 4 heteroatoms. The van der Waals surface area contributed by atoms with E-state index in [1.807, 2.05) is 6.07 Å². The van der Waals surface area contributed by atoms with Crippen LogP contribution in [0.1, 0.15) is 55.0 Å². The largest absolute Gasteiger partial charge is 0.326 e. The maximum absolute atomic E-state index is 14.2. The van der Waals surface area contributed by atoms with Crippen LogP contribution < -0.4 is 5.32 Å². The lowest BCUT2D eigenvalue weighted by atomic mass is 9.94. The van der Waals surface area contributed by atoms with Crippen LogP contribution in [0.25, 0.3) is 0 Å². The van der Waals surface area contributed by atoms with Crippen molar-refractivity contribution in [2.24, 2.45) is 5.92 Å². The van der Waals surface area contributed by atoms with Crippen LogP contribution in [0, 0.1) is 11.7 Å². The number of hydrogen-bond donors (Lipinski definition) is 1. The van der Waals surface area contributed by atoms with Crippen LogP contribution in [0.15, 0.2) is 12.1 Å². The number of hydrogen-bond acceptors (Lipinski definition) is 1. The maximum atomic E-state index is 14.2. The molecule has 0 radical (unpaired) electrons. The van der Waals surface area contributed by atoms with Crippen molar-refractivity contribution in [2.75, 3.05) is 5.32 Å². The summed E-state index contributed by atoms with van der Waals surface area (Å²) in [7, 11) is 0. The summed E-state index contributed by atoms with van der Waals surface area (Å²) in [5.41, 5.74) is 2.19. The van der Waals surface area contributed by atoms with Gasteiger partial charge in [0, 0.05) is 17.7 Å². The molecule has 2 nitrogen and oxygen atoms in total. The molecule has 1 aromatic rings. The Hall–Kier alpha value is -1.09.